The van der Waals surface area contributed by atoms with Crippen molar-refractivity contribution in [2.24, 2.45) is 0 Å². The maximum Gasteiger partial charge on any atom is 0.235 e. The van der Waals surface area contributed by atoms with Crippen molar-refractivity contribution >= 4 is 11.0 Å². The second-order valence-corrected chi connectivity index (χ2v) is 8.63. The number of rotatable bonds is 4. The van der Waals surface area contributed by atoms with Crippen molar-refractivity contribution < 1.29 is 19.0 Å². The smallest absolute Gasteiger partial charge is 0.235 e. The second-order valence-electron chi connectivity index (χ2n) is 8.63. The normalized spacial score (nSPS) is 19.6. The molecule has 4 rings (SSSR count). The van der Waals surface area contributed by atoms with Gasteiger partial charge in [-0.05, 0) is 70.0 Å². The molecule has 2 aromatic carbocycles. The Hall–Kier alpha value is -2.83. The van der Waals surface area contributed by atoms with E-state index in [4.69, 9.17) is 13.9 Å². The fourth-order valence-corrected chi connectivity index (χ4v) is 4.41. The van der Waals surface area contributed by atoms with Gasteiger partial charge in [-0.1, -0.05) is 6.07 Å². The molecule has 3 aromatic rings. The first kappa shape index (κ1) is 21.4. The van der Waals surface area contributed by atoms with Crippen molar-refractivity contribution in [2.45, 2.75) is 53.4 Å². The van der Waals surface area contributed by atoms with Crippen LogP contribution in [0, 0.1) is 20.8 Å². The van der Waals surface area contributed by atoms with Gasteiger partial charge in [0.2, 0.25) is 11.2 Å². The zero-order chi connectivity index (χ0) is 22.3. The molecule has 0 spiro atoms. The summed E-state index contributed by atoms with van der Waals surface area (Å²) in [5.41, 5.74) is 2.87. The first-order valence-corrected chi connectivity index (χ1v) is 10.6. The average molecular weight is 424 g/mol. The molecule has 2 atom stereocenters. The number of hydrogen-bond donors (Lipinski definition) is 1. The summed E-state index contributed by atoms with van der Waals surface area (Å²) in [5, 5.41) is 11.0. The first-order valence-electron chi connectivity index (χ1n) is 10.6. The highest BCUT2D eigenvalue weighted by Crippen LogP contribution is 2.32. The Kier molecular flexibility index (Phi) is 5.77. The second kappa shape index (κ2) is 8.36. The van der Waals surface area contributed by atoms with Gasteiger partial charge in [0, 0.05) is 19.6 Å². The van der Waals surface area contributed by atoms with Gasteiger partial charge >= 0.3 is 0 Å². The van der Waals surface area contributed by atoms with Gasteiger partial charge in [0.25, 0.3) is 0 Å². The number of fused-ring (bicyclic) bond motifs is 1. The minimum atomic E-state index is -0.247. The van der Waals surface area contributed by atoms with E-state index in [1.165, 1.54) is 0 Å². The molecule has 2 heterocycles. The highest BCUT2D eigenvalue weighted by atomic mass is 16.5. The minimum Gasteiger partial charge on any atom is -0.507 e. The standard InChI is InChI=1S/C25H29NO5/c1-14-8-15(2)10-19(9-14)31-24-18(5)30-25-20(23(24)28)6-7-22(27)21(25)13-26-11-16(3)29-17(4)12-26/h6-10,16-17,27H,11-13H2,1-5H3. The van der Waals surface area contributed by atoms with Crippen molar-refractivity contribution in [2.75, 3.05) is 13.1 Å². The summed E-state index contributed by atoms with van der Waals surface area (Å²) >= 11 is 0. The summed E-state index contributed by atoms with van der Waals surface area (Å²) in [6.07, 6.45) is 0.208. The number of aryl methyl sites for hydroxylation is 3. The van der Waals surface area contributed by atoms with Crippen molar-refractivity contribution in [1.29, 1.82) is 0 Å². The largest absolute Gasteiger partial charge is 0.507 e. The monoisotopic (exact) mass is 423 g/mol. The Bertz CT molecular complexity index is 1150. The molecule has 2 unspecified atom stereocenters. The van der Waals surface area contributed by atoms with E-state index in [1.54, 1.807) is 19.1 Å². The molecule has 6 heteroatoms. The Labute approximate surface area is 182 Å². The molecule has 1 fully saturated rings. The molecule has 1 N–H and O–H groups in total. The van der Waals surface area contributed by atoms with Crippen LogP contribution in [0.4, 0.5) is 0 Å². The van der Waals surface area contributed by atoms with E-state index in [0.29, 0.717) is 34.6 Å². The summed E-state index contributed by atoms with van der Waals surface area (Å²) in [6, 6.07) is 8.97. The number of benzene rings is 2. The lowest BCUT2D eigenvalue weighted by Gasteiger charge is -2.35. The van der Waals surface area contributed by atoms with E-state index >= 15 is 0 Å². The number of phenolic OH excluding ortho intramolecular Hbond substituents is 1. The summed E-state index contributed by atoms with van der Waals surface area (Å²) in [6.45, 7) is 11.7. The van der Waals surface area contributed by atoms with Crippen LogP contribution < -0.4 is 10.2 Å². The quantitative estimate of drug-likeness (QED) is 0.648. The Balaban J connectivity index is 1.75. The number of hydrogen-bond acceptors (Lipinski definition) is 6. The van der Waals surface area contributed by atoms with Gasteiger partial charge in [-0.25, -0.2) is 0 Å². The molecule has 1 saturated heterocycles. The molecule has 0 radical (unpaired) electrons. The number of phenols is 1. The van der Waals surface area contributed by atoms with Gasteiger partial charge < -0.3 is 19.0 Å². The van der Waals surface area contributed by atoms with Gasteiger partial charge in [0.15, 0.2) is 0 Å². The fourth-order valence-electron chi connectivity index (χ4n) is 4.41. The Morgan fingerprint density at radius 3 is 2.35 bits per heavy atom. The van der Waals surface area contributed by atoms with E-state index in [0.717, 1.165) is 24.2 Å². The number of aromatic hydroxyl groups is 1. The topological polar surface area (TPSA) is 72.1 Å². The van der Waals surface area contributed by atoms with Crippen LogP contribution in [0.25, 0.3) is 11.0 Å². The predicted octanol–water partition coefficient (Wildman–Crippen LogP) is 4.83. The number of morpholine rings is 1. The molecule has 1 aromatic heterocycles. The third-order valence-corrected chi connectivity index (χ3v) is 5.55. The van der Waals surface area contributed by atoms with Gasteiger partial charge in [-0.2, -0.15) is 0 Å². The molecular formula is C25H29NO5. The van der Waals surface area contributed by atoms with Crippen LogP contribution >= 0.6 is 0 Å². The van der Waals surface area contributed by atoms with E-state index in [9.17, 15) is 9.90 Å². The van der Waals surface area contributed by atoms with E-state index in [-0.39, 0.29) is 29.1 Å². The van der Waals surface area contributed by atoms with Crippen LogP contribution in [0.15, 0.2) is 39.5 Å². The molecule has 1 aliphatic heterocycles. The maximum absolute atomic E-state index is 13.3. The molecule has 0 amide bonds. The summed E-state index contributed by atoms with van der Waals surface area (Å²) in [7, 11) is 0. The van der Waals surface area contributed by atoms with Gasteiger partial charge in [-0.3, -0.25) is 9.69 Å². The SMILES string of the molecule is Cc1cc(C)cc(Oc2c(C)oc3c(CN4CC(C)OC(C)C4)c(O)ccc3c2=O)c1. The van der Waals surface area contributed by atoms with Crippen LogP contribution in [0.1, 0.15) is 36.3 Å². The van der Waals surface area contributed by atoms with Crippen LogP contribution in [0.2, 0.25) is 0 Å². The Morgan fingerprint density at radius 1 is 1.06 bits per heavy atom. The lowest BCUT2D eigenvalue weighted by Crippen LogP contribution is -2.44. The van der Waals surface area contributed by atoms with Gasteiger partial charge in [0.1, 0.15) is 22.8 Å². The molecule has 1 aliphatic rings. The van der Waals surface area contributed by atoms with E-state index in [2.05, 4.69) is 4.90 Å². The molecule has 0 aliphatic carbocycles. The summed E-state index contributed by atoms with van der Waals surface area (Å²) < 4.78 is 17.8. The molecule has 6 nitrogen and oxygen atoms in total. The zero-order valence-corrected chi connectivity index (χ0v) is 18.7. The predicted molar refractivity (Wildman–Crippen MR) is 120 cm³/mol. The molecule has 0 bridgehead atoms. The lowest BCUT2D eigenvalue weighted by atomic mass is 10.1. The zero-order valence-electron chi connectivity index (χ0n) is 18.7. The molecule has 31 heavy (non-hydrogen) atoms. The van der Waals surface area contributed by atoms with Crippen LogP contribution in [-0.4, -0.2) is 35.3 Å². The number of nitrogens with zero attached hydrogens (tertiary/aromatic N) is 1. The summed E-state index contributed by atoms with van der Waals surface area (Å²) in [4.78, 5) is 15.5. The van der Waals surface area contributed by atoms with Crippen molar-refractivity contribution in [3.8, 4) is 17.2 Å². The van der Waals surface area contributed by atoms with Crippen LogP contribution in [0.3, 0.4) is 0 Å². The van der Waals surface area contributed by atoms with Gasteiger partial charge in [0.05, 0.1) is 23.2 Å². The molecule has 0 saturated carbocycles. The van der Waals surface area contributed by atoms with E-state index in [1.807, 2.05) is 45.9 Å². The molecular weight excluding hydrogens is 394 g/mol. The van der Waals surface area contributed by atoms with E-state index < -0.39 is 0 Å². The van der Waals surface area contributed by atoms with Crippen LogP contribution in [-0.2, 0) is 11.3 Å². The minimum absolute atomic E-state index is 0.104. The van der Waals surface area contributed by atoms with Crippen molar-refractivity contribution in [3.63, 3.8) is 0 Å². The van der Waals surface area contributed by atoms with Crippen molar-refractivity contribution in [3.05, 3.63) is 63.0 Å². The first-order chi connectivity index (χ1) is 14.7. The highest BCUT2D eigenvalue weighted by molar-refractivity contribution is 5.83. The average Bonchev–Trinajstić information content (AvgIpc) is 2.66. The molecule has 164 valence electrons. The maximum atomic E-state index is 13.3. The number of ether oxygens (including phenoxy) is 2. The third kappa shape index (κ3) is 4.45. The Morgan fingerprint density at radius 2 is 1.71 bits per heavy atom. The third-order valence-electron chi connectivity index (χ3n) is 5.55. The summed E-state index contributed by atoms with van der Waals surface area (Å²) in [5.74, 6) is 1.27. The highest BCUT2D eigenvalue weighted by Gasteiger charge is 2.25. The van der Waals surface area contributed by atoms with Gasteiger partial charge in [-0.15, -0.1) is 0 Å². The lowest BCUT2D eigenvalue weighted by molar-refractivity contribution is -0.0705. The van der Waals surface area contributed by atoms with Crippen molar-refractivity contribution in [1.82, 2.24) is 4.90 Å². The van der Waals surface area contributed by atoms with Crippen LogP contribution in [0.5, 0.6) is 17.2 Å². The fraction of sp³-hybridized carbons (Fsp3) is 0.400.